The molecule has 0 spiro atoms. The molecule has 0 saturated heterocycles. The van der Waals surface area contributed by atoms with Crippen molar-refractivity contribution in [1.29, 1.82) is 0 Å². The van der Waals surface area contributed by atoms with Gasteiger partial charge in [0.05, 0.1) is 9.79 Å². The molecule has 0 amide bonds. The van der Waals surface area contributed by atoms with E-state index in [2.05, 4.69) is 14.4 Å². The molecule has 1 aromatic carbocycles. The molecule has 0 atom stereocenters. The lowest BCUT2D eigenvalue weighted by atomic mass is 10.4. The summed E-state index contributed by atoms with van der Waals surface area (Å²) in [6.07, 6.45) is 2.00. The maximum Gasteiger partial charge on any atom is 0.263 e. The van der Waals surface area contributed by atoms with Crippen LogP contribution in [0.1, 0.15) is 6.42 Å². The Labute approximate surface area is 147 Å². The first kappa shape index (κ1) is 19.3. The van der Waals surface area contributed by atoms with Crippen LogP contribution in [0.15, 0.2) is 58.5 Å². The Hall–Kier alpha value is -2.01. The van der Waals surface area contributed by atoms with Crippen molar-refractivity contribution < 1.29 is 21.6 Å². The van der Waals surface area contributed by atoms with Crippen LogP contribution < -0.4 is 9.44 Å². The van der Waals surface area contributed by atoms with Gasteiger partial charge in [-0.3, -0.25) is 4.72 Å². The molecule has 0 unspecified atom stereocenters. The number of sulfonamides is 2. The summed E-state index contributed by atoms with van der Waals surface area (Å²) < 4.78 is 58.4. The van der Waals surface area contributed by atoms with Crippen LogP contribution in [0.5, 0.6) is 0 Å². The van der Waals surface area contributed by atoms with E-state index >= 15 is 0 Å². The molecule has 136 valence electrons. The average Bonchev–Trinajstić information content (AvgIpc) is 2.59. The summed E-state index contributed by atoms with van der Waals surface area (Å²) in [6.45, 7) is 0.677. The zero-order valence-corrected chi connectivity index (χ0v) is 15.2. The number of methoxy groups -OCH3 is 1. The Kier molecular flexibility index (Phi) is 6.48. The lowest BCUT2D eigenvalue weighted by Gasteiger charge is -2.09. The minimum atomic E-state index is -3.84. The summed E-state index contributed by atoms with van der Waals surface area (Å²) in [4.78, 5) is 3.82. The zero-order valence-electron chi connectivity index (χ0n) is 13.5. The van der Waals surface area contributed by atoms with Gasteiger partial charge in [0.25, 0.3) is 10.0 Å². The van der Waals surface area contributed by atoms with E-state index in [0.717, 1.165) is 0 Å². The maximum atomic E-state index is 12.3. The van der Waals surface area contributed by atoms with Crippen LogP contribution in [0, 0.1) is 0 Å². The SMILES string of the molecule is COCCCNS(=O)(=O)c1ccc(S(=O)(=O)Nc2ccccn2)cc1. The number of benzene rings is 1. The fourth-order valence-electron chi connectivity index (χ4n) is 1.92. The Balaban J connectivity index is 2.10. The first-order valence-electron chi connectivity index (χ1n) is 7.38. The molecule has 2 rings (SSSR count). The molecule has 8 nitrogen and oxygen atoms in total. The Bertz CT molecular complexity index is 883. The third kappa shape index (κ3) is 5.49. The predicted molar refractivity (Wildman–Crippen MR) is 93.2 cm³/mol. The van der Waals surface area contributed by atoms with Gasteiger partial charge in [-0.25, -0.2) is 26.5 Å². The number of pyridine rings is 1. The van der Waals surface area contributed by atoms with Gasteiger partial charge < -0.3 is 4.74 Å². The minimum Gasteiger partial charge on any atom is -0.385 e. The molecular formula is C15H19N3O5S2. The van der Waals surface area contributed by atoms with Crippen molar-refractivity contribution >= 4 is 25.9 Å². The first-order valence-corrected chi connectivity index (χ1v) is 10.3. The Morgan fingerprint density at radius 1 is 0.960 bits per heavy atom. The van der Waals surface area contributed by atoms with E-state index in [4.69, 9.17) is 4.74 Å². The predicted octanol–water partition coefficient (Wildman–Crippen LogP) is 1.20. The molecule has 0 aliphatic heterocycles. The normalized spacial score (nSPS) is 12.0. The van der Waals surface area contributed by atoms with Gasteiger partial charge in [-0.1, -0.05) is 6.07 Å². The van der Waals surface area contributed by atoms with Crippen LogP contribution in [0.4, 0.5) is 5.82 Å². The van der Waals surface area contributed by atoms with Crippen LogP contribution in [0.3, 0.4) is 0 Å². The number of hydrogen-bond donors (Lipinski definition) is 2. The standard InChI is InChI=1S/C15H19N3O5S2/c1-23-12-4-11-17-24(19,20)13-6-8-14(9-7-13)25(21,22)18-15-5-2-3-10-16-15/h2-3,5-10,17H,4,11-12H2,1H3,(H,16,18). The highest BCUT2D eigenvalue weighted by molar-refractivity contribution is 7.92. The van der Waals surface area contributed by atoms with E-state index < -0.39 is 20.0 Å². The van der Waals surface area contributed by atoms with Crippen molar-refractivity contribution in [3.8, 4) is 0 Å². The summed E-state index contributed by atoms with van der Waals surface area (Å²) in [6, 6.07) is 9.77. The molecule has 0 aliphatic carbocycles. The highest BCUT2D eigenvalue weighted by atomic mass is 32.2. The first-order chi connectivity index (χ1) is 11.8. The van der Waals surface area contributed by atoms with E-state index in [1.807, 2.05) is 0 Å². The molecule has 0 saturated carbocycles. The lowest BCUT2D eigenvalue weighted by molar-refractivity contribution is 0.196. The Morgan fingerprint density at radius 3 is 2.16 bits per heavy atom. The number of rotatable bonds is 9. The van der Waals surface area contributed by atoms with Gasteiger partial charge in [0.2, 0.25) is 10.0 Å². The fourth-order valence-corrected chi connectivity index (χ4v) is 4.01. The van der Waals surface area contributed by atoms with Crippen molar-refractivity contribution in [3.63, 3.8) is 0 Å². The second kappa shape index (κ2) is 8.39. The van der Waals surface area contributed by atoms with Gasteiger partial charge in [-0.2, -0.15) is 0 Å². The van der Waals surface area contributed by atoms with Crippen LogP contribution in [-0.2, 0) is 24.8 Å². The largest absolute Gasteiger partial charge is 0.385 e. The summed E-state index contributed by atoms with van der Waals surface area (Å²) >= 11 is 0. The molecule has 0 radical (unpaired) electrons. The maximum absolute atomic E-state index is 12.3. The molecule has 1 aromatic heterocycles. The van der Waals surface area contributed by atoms with Crippen molar-refractivity contribution in [2.24, 2.45) is 0 Å². The number of hydrogen-bond acceptors (Lipinski definition) is 6. The number of ether oxygens (including phenoxy) is 1. The quantitative estimate of drug-likeness (QED) is 0.627. The molecule has 10 heteroatoms. The van der Waals surface area contributed by atoms with E-state index in [0.29, 0.717) is 13.0 Å². The fraction of sp³-hybridized carbons (Fsp3) is 0.267. The minimum absolute atomic E-state index is 0.0123. The van der Waals surface area contributed by atoms with Gasteiger partial charge >= 0.3 is 0 Å². The van der Waals surface area contributed by atoms with E-state index in [1.165, 1.54) is 43.6 Å². The van der Waals surface area contributed by atoms with E-state index in [-0.39, 0.29) is 22.2 Å². The summed E-state index contributed by atoms with van der Waals surface area (Å²) in [5.74, 6) is 0.180. The van der Waals surface area contributed by atoms with Crippen molar-refractivity contribution in [2.75, 3.05) is 25.0 Å². The molecule has 25 heavy (non-hydrogen) atoms. The smallest absolute Gasteiger partial charge is 0.263 e. The second-order valence-corrected chi connectivity index (χ2v) is 8.49. The van der Waals surface area contributed by atoms with Crippen molar-refractivity contribution in [3.05, 3.63) is 48.7 Å². The highest BCUT2D eigenvalue weighted by Gasteiger charge is 2.18. The number of nitrogens with one attached hydrogen (secondary N) is 2. The van der Waals surface area contributed by atoms with Crippen LogP contribution in [0.2, 0.25) is 0 Å². The van der Waals surface area contributed by atoms with Gasteiger partial charge in [-0.15, -0.1) is 0 Å². The number of aromatic nitrogens is 1. The molecule has 0 aliphatic rings. The second-order valence-electron chi connectivity index (χ2n) is 5.04. The monoisotopic (exact) mass is 385 g/mol. The van der Waals surface area contributed by atoms with Crippen molar-refractivity contribution in [1.82, 2.24) is 9.71 Å². The number of anilines is 1. The molecule has 0 bridgehead atoms. The third-order valence-corrected chi connectivity index (χ3v) is 6.01. The zero-order chi connectivity index (χ0) is 18.3. The molecular weight excluding hydrogens is 366 g/mol. The van der Waals surface area contributed by atoms with Crippen LogP contribution >= 0.6 is 0 Å². The van der Waals surface area contributed by atoms with Crippen LogP contribution in [0.25, 0.3) is 0 Å². The molecule has 2 aromatic rings. The van der Waals surface area contributed by atoms with Crippen LogP contribution in [-0.4, -0.2) is 42.1 Å². The summed E-state index contributed by atoms with van der Waals surface area (Å²) in [5, 5.41) is 0. The third-order valence-electron chi connectivity index (χ3n) is 3.17. The number of nitrogens with zero attached hydrogens (tertiary/aromatic N) is 1. The average molecular weight is 385 g/mol. The highest BCUT2D eigenvalue weighted by Crippen LogP contribution is 2.17. The topological polar surface area (TPSA) is 114 Å². The van der Waals surface area contributed by atoms with Gasteiger partial charge in [0.1, 0.15) is 5.82 Å². The summed E-state index contributed by atoms with van der Waals surface area (Å²) in [5.41, 5.74) is 0. The van der Waals surface area contributed by atoms with E-state index in [9.17, 15) is 16.8 Å². The van der Waals surface area contributed by atoms with Gasteiger partial charge in [0.15, 0.2) is 0 Å². The molecule has 0 fully saturated rings. The van der Waals surface area contributed by atoms with Gasteiger partial charge in [-0.05, 0) is 42.8 Å². The summed E-state index contributed by atoms with van der Waals surface area (Å²) in [7, 11) is -6.00. The van der Waals surface area contributed by atoms with Gasteiger partial charge in [0, 0.05) is 26.5 Å². The lowest BCUT2D eigenvalue weighted by Crippen LogP contribution is -2.25. The molecule has 1 heterocycles. The van der Waals surface area contributed by atoms with Crippen molar-refractivity contribution in [2.45, 2.75) is 16.2 Å². The van der Waals surface area contributed by atoms with E-state index in [1.54, 1.807) is 12.1 Å². The molecule has 2 N–H and O–H groups in total. The Morgan fingerprint density at radius 2 is 1.60 bits per heavy atom.